The third kappa shape index (κ3) is 6.23. The quantitative estimate of drug-likeness (QED) is 0.401. The number of morpholine rings is 1. The van der Waals surface area contributed by atoms with Gasteiger partial charge in [-0.2, -0.15) is 13.2 Å². The summed E-state index contributed by atoms with van der Waals surface area (Å²) in [4.78, 5) is 32.9. The summed E-state index contributed by atoms with van der Waals surface area (Å²) in [6.45, 7) is 7.03. The zero-order valence-electron chi connectivity index (χ0n) is 23.9. The van der Waals surface area contributed by atoms with Crippen molar-refractivity contribution in [2.75, 3.05) is 61.6 Å². The van der Waals surface area contributed by atoms with Crippen LogP contribution >= 0.6 is 0 Å². The standard InChI is InChI=1S/C30H32F5N5O3/c1-17-15-40(16-18(2)38(17)3)24-13-23(31)26(19-4-6-20(7-5-19)39-8-10-43-11-9-39)27(32)28(24)37-29(42)21-14-36-25(41)12-22(21)30(33,34)35/h4-7,12-14,17-18H,8-11,15-16H2,1-3H3,(H,36,41)(H,37,42)/t17-,18+. The zero-order chi connectivity index (χ0) is 31.1. The van der Waals surface area contributed by atoms with E-state index in [1.807, 2.05) is 20.9 Å². The number of hydrogen-bond acceptors (Lipinski definition) is 6. The number of nitrogens with zero attached hydrogens (tertiary/aromatic N) is 3. The molecule has 2 fully saturated rings. The van der Waals surface area contributed by atoms with E-state index in [9.17, 15) is 22.8 Å². The molecule has 0 aliphatic carbocycles. The van der Waals surface area contributed by atoms with E-state index in [2.05, 4.69) is 20.1 Å². The van der Waals surface area contributed by atoms with Gasteiger partial charge >= 0.3 is 6.18 Å². The summed E-state index contributed by atoms with van der Waals surface area (Å²) in [5.41, 5.74) is -3.29. The molecule has 2 N–H and O–H groups in total. The average Bonchev–Trinajstić information content (AvgIpc) is 2.97. The minimum atomic E-state index is -5.03. The monoisotopic (exact) mass is 605 g/mol. The van der Waals surface area contributed by atoms with Crippen molar-refractivity contribution < 1.29 is 31.5 Å². The Kier molecular flexibility index (Phi) is 8.48. The second-order valence-corrected chi connectivity index (χ2v) is 10.9. The molecule has 0 saturated carbocycles. The van der Waals surface area contributed by atoms with Crippen LogP contribution in [0.1, 0.15) is 29.8 Å². The maximum atomic E-state index is 16.4. The molecule has 43 heavy (non-hydrogen) atoms. The molecule has 2 aromatic carbocycles. The lowest BCUT2D eigenvalue weighted by atomic mass is 9.99. The molecule has 0 unspecified atom stereocenters. The number of H-pyrrole nitrogens is 1. The second-order valence-electron chi connectivity index (χ2n) is 10.9. The number of halogens is 5. The minimum Gasteiger partial charge on any atom is -0.378 e. The number of aromatic amines is 1. The first-order valence-corrected chi connectivity index (χ1v) is 13.9. The van der Waals surface area contributed by atoms with Crippen LogP contribution in [-0.4, -0.2) is 74.3 Å². The van der Waals surface area contributed by atoms with E-state index in [4.69, 9.17) is 4.74 Å². The van der Waals surface area contributed by atoms with E-state index in [-0.39, 0.29) is 29.4 Å². The summed E-state index contributed by atoms with van der Waals surface area (Å²) in [5, 5.41) is 2.29. The molecule has 1 aromatic heterocycles. The number of hydrogen-bond donors (Lipinski definition) is 2. The summed E-state index contributed by atoms with van der Waals surface area (Å²) < 4.78 is 78.8. The first-order chi connectivity index (χ1) is 20.3. The van der Waals surface area contributed by atoms with E-state index in [0.717, 1.165) is 11.8 Å². The van der Waals surface area contributed by atoms with Gasteiger partial charge in [-0.1, -0.05) is 12.1 Å². The Morgan fingerprint density at radius 1 is 1.00 bits per heavy atom. The number of carbonyl (C=O) groups is 1. The van der Waals surface area contributed by atoms with Crippen LogP contribution in [0.25, 0.3) is 11.1 Å². The third-order valence-corrected chi connectivity index (χ3v) is 8.14. The number of nitrogens with one attached hydrogen (secondary N) is 2. The number of benzene rings is 2. The molecule has 0 bridgehead atoms. The van der Waals surface area contributed by atoms with Crippen LogP contribution in [0.3, 0.4) is 0 Å². The molecule has 8 nitrogen and oxygen atoms in total. The van der Waals surface area contributed by atoms with Crippen molar-refractivity contribution in [1.82, 2.24) is 9.88 Å². The molecular weight excluding hydrogens is 573 g/mol. The van der Waals surface area contributed by atoms with Crippen LogP contribution < -0.4 is 20.7 Å². The smallest absolute Gasteiger partial charge is 0.378 e. The number of ether oxygens (including phenoxy) is 1. The van der Waals surface area contributed by atoms with Gasteiger partial charge in [0.1, 0.15) is 11.5 Å². The van der Waals surface area contributed by atoms with Crippen LogP contribution in [0.4, 0.5) is 39.0 Å². The molecule has 2 aliphatic rings. The number of alkyl halides is 3. The number of pyridine rings is 1. The van der Waals surface area contributed by atoms with Gasteiger partial charge in [0.15, 0.2) is 5.82 Å². The molecule has 3 aromatic rings. The minimum absolute atomic E-state index is 0.00169. The predicted molar refractivity (Wildman–Crippen MR) is 154 cm³/mol. The molecule has 13 heteroatoms. The SMILES string of the molecule is C[C@@H]1CN(c2cc(F)c(-c3ccc(N4CCOCC4)cc3)c(F)c2NC(=O)c2c[nH]c(=O)cc2C(F)(F)F)C[C@H](C)N1C. The molecule has 1 amide bonds. The molecule has 230 valence electrons. The van der Waals surface area contributed by atoms with E-state index in [0.29, 0.717) is 45.6 Å². The normalized spacial score (nSPS) is 19.9. The highest BCUT2D eigenvalue weighted by Gasteiger charge is 2.37. The van der Waals surface area contributed by atoms with Crippen LogP contribution in [0.5, 0.6) is 0 Å². The lowest BCUT2D eigenvalue weighted by Gasteiger charge is -2.44. The van der Waals surface area contributed by atoms with Gasteiger partial charge in [-0.25, -0.2) is 8.78 Å². The van der Waals surface area contributed by atoms with E-state index >= 15 is 8.78 Å². The van der Waals surface area contributed by atoms with Crippen LogP contribution in [0, 0.1) is 11.6 Å². The second kappa shape index (κ2) is 12.0. The number of rotatable bonds is 5. The summed E-state index contributed by atoms with van der Waals surface area (Å²) in [6, 6.07) is 7.89. The lowest BCUT2D eigenvalue weighted by Crippen LogP contribution is -2.55. The van der Waals surface area contributed by atoms with E-state index < -0.39 is 51.7 Å². The number of carbonyl (C=O) groups excluding carboxylic acids is 1. The number of aromatic nitrogens is 1. The van der Waals surface area contributed by atoms with Crippen molar-refractivity contribution in [3.63, 3.8) is 0 Å². The summed E-state index contributed by atoms with van der Waals surface area (Å²) >= 11 is 0. The van der Waals surface area contributed by atoms with E-state index in [1.165, 1.54) is 0 Å². The van der Waals surface area contributed by atoms with Crippen molar-refractivity contribution in [2.24, 2.45) is 0 Å². The fraction of sp³-hybridized carbons (Fsp3) is 0.400. The molecule has 5 rings (SSSR count). The Labute approximate surface area is 245 Å². The fourth-order valence-electron chi connectivity index (χ4n) is 5.58. The van der Waals surface area contributed by atoms with Gasteiger partial charge in [-0.05, 0) is 38.6 Å². The maximum Gasteiger partial charge on any atom is 0.417 e. The van der Waals surface area contributed by atoms with Crippen molar-refractivity contribution in [3.05, 3.63) is 75.7 Å². The highest BCUT2D eigenvalue weighted by molar-refractivity contribution is 6.07. The van der Waals surface area contributed by atoms with E-state index in [1.54, 1.807) is 29.2 Å². The molecule has 3 heterocycles. The van der Waals surface area contributed by atoms with Crippen molar-refractivity contribution in [2.45, 2.75) is 32.1 Å². The van der Waals surface area contributed by atoms with Crippen molar-refractivity contribution in [1.29, 1.82) is 0 Å². The molecule has 2 saturated heterocycles. The molecule has 2 atom stereocenters. The third-order valence-electron chi connectivity index (χ3n) is 8.14. The topological polar surface area (TPSA) is 80.9 Å². The van der Waals surface area contributed by atoms with Crippen LogP contribution in [0.15, 0.2) is 47.4 Å². The Morgan fingerprint density at radius 2 is 1.63 bits per heavy atom. The average molecular weight is 606 g/mol. The predicted octanol–water partition coefficient (Wildman–Crippen LogP) is 4.96. The van der Waals surface area contributed by atoms with Gasteiger partial charge in [0.05, 0.1) is 35.6 Å². The Bertz CT molecular complexity index is 1540. The van der Waals surface area contributed by atoms with Gasteiger partial charge in [-0.15, -0.1) is 0 Å². The van der Waals surface area contributed by atoms with Gasteiger partial charge in [0.2, 0.25) is 5.56 Å². The first-order valence-electron chi connectivity index (χ1n) is 13.9. The van der Waals surface area contributed by atoms with Gasteiger partial charge < -0.3 is 24.8 Å². The van der Waals surface area contributed by atoms with Crippen molar-refractivity contribution >= 4 is 23.0 Å². The Hall–Kier alpha value is -3.97. The van der Waals surface area contributed by atoms with Gasteiger partial charge in [0, 0.05) is 62.3 Å². The molecular formula is C30H32F5N5O3. The number of likely N-dealkylation sites (N-methyl/N-ethyl adjacent to an activating group) is 1. The maximum absolute atomic E-state index is 16.4. The van der Waals surface area contributed by atoms with Crippen LogP contribution in [-0.2, 0) is 10.9 Å². The number of anilines is 3. The Balaban J connectivity index is 1.59. The molecule has 0 spiro atoms. The fourth-order valence-corrected chi connectivity index (χ4v) is 5.58. The van der Waals surface area contributed by atoms with Crippen molar-refractivity contribution in [3.8, 4) is 11.1 Å². The lowest BCUT2D eigenvalue weighted by molar-refractivity contribution is -0.138. The summed E-state index contributed by atoms with van der Waals surface area (Å²) in [5.74, 6) is -3.32. The molecule has 2 aliphatic heterocycles. The number of piperazine rings is 1. The van der Waals surface area contributed by atoms with Gasteiger partial charge in [0.25, 0.3) is 5.91 Å². The van der Waals surface area contributed by atoms with Crippen LogP contribution in [0.2, 0.25) is 0 Å². The number of amides is 1. The molecule has 0 radical (unpaired) electrons. The van der Waals surface area contributed by atoms with Gasteiger partial charge in [-0.3, -0.25) is 14.5 Å². The summed E-state index contributed by atoms with van der Waals surface area (Å²) in [7, 11) is 1.93. The summed E-state index contributed by atoms with van der Waals surface area (Å²) in [6.07, 6.45) is -4.40. The Morgan fingerprint density at radius 3 is 2.23 bits per heavy atom. The first kappa shape index (κ1) is 30.5. The largest absolute Gasteiger partial charge is 0.417 e. The zero-order valence-corrected chi connectivity index (χ0v) is 23.9. The highest BCUT2D eigenvalue weighted by atomic mass is 19.4. The highest BCUT2D eigenvalue weighted by Crippen LogP contribution is 2.40.